The van der Waals surface area contributed by atoms with Crippen LogP contribution in [0.5, 0.6) is 0 Å². The largest absolute Gasteiger partial charge is 0.460 e. The Kier molecular flexibility index (Phi) is 2.90. The molecule has 0 bridgehead atoms. The van der Waals surface area contributed by atoms with Crippen LogP contribution in [0.15, 0.2) is 10.6 Å². The first kappa shape index (κ1) is 11.3. The van der Waals surface area contributed by atoms with Crippen molar-refractivity contribution in [2.24, 2.45) is 7.05 Å². The van der Waals surface area contributed by atoms with Gasteiger partial charge in [-0.3, -0.25) is 0 Å². The summed E-state index contributed by atoms with van der Waals surface area (Å²) in [4.78, 5) is 15.5. The van der Waals surface area contributed by atoms with Crippen LogP contribution >= 0.6 is 0 Å². The van der Waals surface area contributed by atoms with Gasteiger partial charge < -0.3 is 9.26 Å². The highest BCUT2D eigenvalue weighted by molar-refractivity contribution is 5.85. The van der Waals surface area contributed by atoms with Crippen molar-refractivity contribution in [2.45, 2.75) is 13.8 Å². The maximum atomic E-state index is 11.4. The molecule has 0 amide bonds. The van der Waals surface area contributed by atoms with E-state index in [4.69, 9.17) is 9.26 Å². The number of aryl methyl sites for hydroxylation is 2. The summed E-state index contributed by atoms with van der Waals surface area (Å²) in [7, 11) is 1.67. The molecule has 0 aliphatic heterocycles. The lowest BCUT2D eigenvalue weighted by atomic mass is 10.4. The zero-order valence-electron chi connectivity index (χ0n) is 9.80. The van der Waals surface area contributed by atoms with Crippen LogP contribution in [0.2, 0.25) is 0 Å². The molecule has 7 nitrogen and oxygen atoms in total. The number of hydrogen-bond acceptors (Lipinski definition) is 6. The highest BCUT2D eigenvalue weighted by atomic mass is 16.5. The molecule has 0 radical (unpaired) electrons. The van der Waals surface area contributed by atoms with Gasteiger partial charge in [-0.1, -0.05) is 5.16 Å². The fourth-order valence-electron chi connectivity index (χ4n) is 1.35. The number of hydrogen-bond donors (Lipinski definition) is 0. The Hall–Kier alpha value is -2.18. The zero-order valence-corrected chi connectivity index (χ0v) is 9.80. The summed E-state index contributed by atoms with van der Waals surface area (Å²) < 4.78 is 11.3. The molecule has 2 rings (SSSR count). The van der Waals surface area contributed by atoms with Gasteiger partial charge in [0, 0.05) is 13.1 Å². The first-order chi connectivity index (χ1) is 8.11. The van der Waals surface area contributed by atoms with Crippen LogP contribution in [0.1, 0.15) is 23.2 Å². The molecule has 0 saturated carbocycles. The normalized spacial score (nSPS) is 10.5. The van der Waals surface area contributed by atoms with Crippen molar-refractivity contribution in [1.82, 2.24) is 19.9 Å². The first-order valence-corrected chi connectivity index (χ1v) is 5.13. The van der Waals surface area contributed by atoms with E-state index in [2.05, 4.69) is 15.2 Å². The van der Waals surface area contributed by atoms with Crippen molar-refractivity contribution in [1.29, 1.82) is 0 Å². The van der Waals surface area contributed by atoms with Gasteiger partial charge in [0.2, 0.25) is 5.76 Å². The lowest BCUT2D eigenvalue weighted by molar-refractivity contribution is 0.0512. The molecule has 0 atom stereocenters. The van der Waals surface area contributed by atoms with Gasteiger partial charge in [0.1, 0.15) is 0 Å². The van der Waals surface area contributed by atoms with E-state index in [1.165, 1.54) is 4.68 Å². The van der Waals surface area contributed by atoms with E-state index in [9.17, 15) is 4.79 Å². The Morgan fingerprint density at radius 2 is 2.35 bits per heavy atom. The first-order valence-electron chi connectivity index (χ1n) is 5.13. The van der Waals surface area contributed by atoms with Gasteiger partial charge in [-0.05, 0) is 13.8 Å². The third-order valence-corrected chi connectivity index (χ3v) is 2.07. The molecule has 0 saturated heterocycles. The van der Waals surface area contributed by atoms with Crippen molar-refractivity contribution >= 4 is 5.97 Å². The van der Waals surface area contributed by atoms with Crippen LogP contribution in [-0.2, 0) is 11.8 Å². The Morgan fingerprint density at radius 1 is 1.59 bits per heavy atom. The highest BCUT2D eigenvalue weighted by Crippen LogP contribution is 2.17. The van der Waals surface area contributed by atoms with Gasteiger partial charge >= 0.3 is 5.97 Å². The fraction of sp³-hybridized carbons (Fsp3) is 0.400. The molecule has 0 aliphatic carbocycles. The lowest BCUT2D eigenvalue weighted by Crippen LogP contribution is -2.07. The minimum Gasteiger partial charge on any atom is -0.460 e. The van der Waals surface area contributed by atoms with Crippen molar-refractivity contribution in [2.75, 3.05) is 6.61 Å². The average molecular weight is 236 g/mol. The minimum absolute atomic E-state index is 0.0124. The van der Waals surface area contributed by atoms with Crippen molar-refractivity contribution in [3.8, 4) is 11.6 Å². The molecule has 0 aromatic carbocycles. The van der Waals surface area contributed by atoms with Crippen LogP contribution in [0.25, 0.3) is 11.6 Å². The number of carbonyl (C=O) groups is 1. The van der Waals surface area contributed by atoms with Crippen molar-refractivity contribution in [3.05, 3.63) is 17.6 Å². The summed E-state index contributed by atoms with van der Waals surface area (Å²) in [5.41, 5.74) is 0.737. The summed E-state index contributed by atoms with van der Waals surface area (Å²) in [6.07, 6.45) is 0. The Labute approximate surface area is 97.4 Å². The molecule has 0 unspecified atom stereocenters. The molecule has 0 aliphatic rings. The van der Waals surface area contributed by atoms with E-state index >= 15 is 0 Å². The SMILES string of the molecule is CCOC(=O)c1nc(-c2cc(C)no2)n(C)n1. The summed E-state index contributed by atoms with van der Waals surface area (Å²) in [5, 5.41) is 7.71. The van der Waals surface area contributed by atoms with E-state index in [1.807, 2.05) is 0 Å². The molecule has 90 valence electrons. The number of ether oxygens (including phenoxy) is 1. The van der Waals surface area contributed by atoms with E-state index in [1.54, 1.807) is 27.0 Å². The topological polar surface area (TPSA) is 83.0 Å². The maximum absolute atomic E-state index is 11.4. The number of aromatic nitrogens is 4. The van der Waals surface area contributed by atoms with E-state index < -0.39 is 5.97 Å². The second kappa shape index (κ2) is 4.36. The predicted molar refractivity (Wildman–Crippen MR) is 57.2 cm³/mol. The summed E-state index contributed by atoms with van der Waals surface area (Å²) >= 11 is 0. The monoisotopic (exact) mass is 236 g/mol. The van der Waals surface area contributed by atoms with E-state index in [0.29, 0.717) is 11.6 Å². The van der Waals surface area contributed by atoms with Crippen LogP contribution in [0.3, 0.4) is 0 Å². The number of rotatable bonds is 3. The van der Waals surface area contributed by atoms with Crippen molar-refractivity contribution in [3.63, 3.8) is 0 Å². The van der Waals surface area contributed by atoms with Gasteiger partial charge in [0.15, 0.2) is 5.82 Å². The number of esters is 1. The van der Waals surface area contributed by atoms with Gasteiger partial charge in [0.25, 0.3) is 5.82 Å². The molecule has 2 aromatic heterocycles. The summed E-state index contributed by atoms with van der Waals surface area (Å²) in [6.45, 7) is 3.81. The second-order valence-corrected chi connectivity index (χ2v) is 3.44. The zero-order chi connectivity index (χ0) is 12.4. The summed E-state index contributed by atoms with van der Waals surface area (Å²) in [5.74, 6) is 0.366. The Morgan fingerprint density at radius 3 is 2.94 bits per heavy atom. The van der Waals surface area contributed by atoms with Gasteiger partial charge in [0.05, 0.1) is 12.3 Å². The number of carbonyl (C=O) groups excluding carboxylic acids is 1. The molecule has 7 heteroatoms. The molecular formula is C10H12N4O3. The van der Waals surface area contributed by atoms with Crippen molar-refractivity contribution < 1.29 is 14.1 Å². The van der Waals surface area contributed by atoms with Gasteiger partial charge in [-0.15, -0.1) is 5.10 Å². The van der Waals surface area contributed by atoms with Crippen LogP contribution in [-0.4, -0.2) is 32.5 Å². The molecule has 0 N–H and O–H groups in total. The lowest BCUT2D eigenvalue weighted by Gasteiger charge is -1.94. The third-order valence-electron chi connectivity index (χ3n) is 2.07. The van der Waals surface area contributed by atoms with Gasteiger partial charge in [-0.2, -0.15) is 4.98 Å². The fourth-order valence-corrected chi connectivity index (χ4v) is 1.35. The number of nitrogens with zero attached hydrogens (tertiary/aromatic N) is 4. The summed E-state index contributed by atoms with van der Waals surface area (Å²) in [6, 6.07) is 1.72. The molecular weight excluding hydrogens is 224 g/mol. The standard InChI is InChI=1S/C10H12N4O3/c1-4-16-10(15)8-11-9(14(3)12-8)7-5-6(2)13-17-7/h5H,4H2,1-3H3. The molecule has 2 heterocycles. The van der Waals surface area contributed by atoms with Crippen LogP contribution in [0, 0.1) is 6.92 Å². The molecule has 0 fully saturated rings. The minimum atomic E-state index is -0.550. The Bertz CT molecular complexity index is 543. The average Bonchev–Trinajstić information content (AvgIpc) is 2.85. The predicted octanol–water partition coefficient (Wildman–Crippen LogP) is 0.955. The smallest absolute Gasteiger partial charge is 0.378 e. The maximum Gasteiger partial charge on any atom is 0.378 e. The van der Waals surface area contributed by atoms with Crippen LogP contribution < -0.4 is 0 Å². The van der Waals surface area contributed by atoms with Gasteiger partial charge in [-0.25, -0.2) is 9.48 Å². The van der Waals surface area contributed by atoms with E-state index in [-0.39, 0.29) is 12.4 Å². The van der Waals surface area contributed by atoms with Crippen LogP contribution in [0.4, 0.5) is 0 Å². The quantitative estimate of drug-likeness (QED) is 0.738. The third kappa shape index (κ3) is 2.17. The second-order valence-electron chi connectivity index (χ2n) is 3.44. The highest BCUT2D eigenvalue weighted by Gasteiger charge is 2.19. The Balaban J connectivity index is 2.34. The molecule has 17 heavy (non-hydrogen) atoms. The molecule has 0 spiro atoms. The van der Waals surface area contributed by atoms with E-state index in [0.717, 1.165) is 5.69 Å². The molecule has 2 aromatic rings.